The van der Waals surface area contributed by atoms with Gasteiger partial charge in [0.05, 0.1) is 6.10 Å². The number of carbonyl (C=O) groups is 2. The van der Waals surface area contributed by atoms with Crippen LogP contribution in [0, 0.1) is 0 Å². The first-order valence-electron chi connectivity index (χ1n) is 7.05. The molecule has 2 aliphatic heterocycles. The smallest absolute Gasteiger partial charge is 0.251 e. The minimum atomic E-state index is -0.0831. The van der Waals surface area contributed by atoms with Crippen molar-refractivity contribution in [3.8, 4) is 0 Å². The number of hydrogen-bond acceptors (Lipinski definition) is 3. The van der Waals surface area contributed by atoms with Crippen molar-refractivity contribution in [2.24, 2.45) is 0 Å². The number of anilines is 1. The summed E-state index contributed by atoms with van der Waals surface area (Å²) < 4.78 is 5.48. The summed E-state index contributed by atoms with van der Waals surface area (Å²) in [6.07, 6.45) is 3.40. The Morgan fingerprint density at radius 1 is 1.40 bits per heavy atom. The maximum atomic E-state index is 12.1. The summed E-state index contributed by atoms with van der Waals surface area (Å²) in [5, 5.41) is 5.72. The molecule has 0 aromatic heterocycles. The number of aryl methyl sites for hydroxylation is 1. The maximum Gasteiger partial charge on any atom is 0.251 e. The van der Waals surface area contributed by atoms with E-state index in [2.05, 4.69) is 10.6 Å². The van der Waals surface area contributed by atoms with Crippen molar-refractivity contribution in [2.45, 2.75) is 31.8 Å². The van der Waals surface area contributed by atoms with E-state index in [-0.39, 0.29) is 17.9 Å². The number of amides is 2. The molecular formula is C15H18N2O3. The van der Waals surface area contributed by atoms with Crippen molar-refractivity contribution in [3.05, 3.63) is 29.3 Å². The zero-order valence-corrected chi connectivity index (χ0v) is 11.3. The Hall–Kier alpha value is -1.88. The van der Waals surface area contributed by atoms with E-state index in [4.69, 9.17) is 4.74 Å². The van der Waals surface area contributed by atoms with Gasteiger partial charge >= 0.3 is 0 Å². The zero-order chi connectivity index (χ0) is 13.9. The van der Waals surface area contributed by atoms with Gasteiger partial charge in [0, 0.05) is 30.8 Å². The Morgan fingerprint density at radius 2 is 2.30 bits per heavy atom. The van der Waals surface area contributed by atoms with Gasteiger partial charge in [-0.3, -0.25) is 9.59 Å². The molecule has 5 nitrogen and oxygen atoms in total. The Balaban J connectivity index is 1.64. The third kappa shape index (κ3) is 2.82. The van der Waals surface area contributed by atoms with Gasteiger partial charge in [-0.15, -0.1) is 0 Å². The van der Waals surface area contributed by atoms with E-state index in [9.17, 15) is 9.59 Å². The number of benzene rings is 1. The number of fused-ring (bicyclic) bond motifs is 1. The number of rotatable bonds is 3. The predicted molar refractivity (Wildman–Crippen MR) is 74.7 cm³/mol. The van der Waals surface area contributed by atoms with Crippen molar-refractivity contribution in [3.63, 3.8) is 0 Å². The fourth-order valence-electron chi connectivity index (χ4n) is 2.64. The van der Waals surface area contributed by atoms with Crippen LogP contribution < -0.4 is 10.6 Å². The molecule has 3 rings (SSSR count). The molecule has 0 saturated carbocycles. The van der Waals surface area contributed by atoms with Crippen LogP contribution in [0.5, 0.6) is 0 Å². The monoisotopic (exact) mass is 274 g/mol. The van der Waals surface area contributed by atoms with E-state index in [1.54, 1.807) is 12.1 Å². The van der Waals surface area contributed by atoms with E-state index >= 15 is 0 Å². The first kappa shape index (κ1) is 13.1. The van der Waals surface area contributed by atoms with Crippen LogP contribution in [0.15, 0.2) is 18.2 Å². The third-order valence-corrected chi connectivity index (χ3v) is 3.78. The highest BCUT2D eigenvalue weighted by Crippen LogP contribution is 2.23. The summed E-state index contributed by atoms with van der Waals surface area (Å²) in [5.74, 6) is -0.0479. The summed E-state index contributed by atoms with van der Waals surface area (Å²) in [6.45, 7) is 1.35. The van der Waals surface area contributed by atoms with Crippen molar-refractivity contribution in [1.82, 2.24) is 5.32 Å². The van der Waals surface area contributed by atoms with Gasteiger partial charge in [0.25, 0.3) is 5.91 Å². The van der Waals surface area contributed by atoms with Gasteiger partial charge in [0.15, 0.2) is 0 Å². The normalized spacial score (nSPS) is 21.2. The molecule has 0 spiro atoms. The van der Waals surface area contributed by atoms with E-state index in [1.807, 2.05) is 6.07 Å². The van der Waals surface area contributed by atoms with E-state index < -0.39 is 0 Å². The first-order valence-corrected chi connectivity index (χ1v) is 7.05. The van der Waals surface area contributed by atoms with Crippen molar-refractivity contribution >= 4 is 17.5 Å². The number of carbonyl (C=O) groups excluding carboxylic acids is 2. The van der Waals surface area contributed by atoms with Crippen LogP contribution in [0.4, 0.5) is 5.69 Å². The molecule has 5 heteroatoms. The maximum absolute atomic E-state index is 12.1. The van der Waals surface area contributed by atoms with E-state index in [1.165, 1.54) is 0 Å². The van der Waals surface area contributed by atoms with Crippen molar-refractivity contribution < 1.29 is 14.3 Å². The van der Waals surface area contributed by atoms with Crippen LogP contribution in [0.1, 0.15) is 35.2 Å². The molecular weight excluding hydrogens is 256 g/mol. The van der Waals surface area contributed by atoms with Crippen molar-refractivity contribution in [1.29, 1.82) is 0 Å². The largest absolute Gasteiger partial charge is 0.376 e. The third-order valence-electron chi connectivity index (χ3n) is 3.78. The molecule has 1 aromatic carbocycles. The lowest BCUT2D eigenvalue weighted by molar-refractivity contribution is -0.116. The Morgan fingerprint density at radius 3 is 3.10 bits per heavy atom. The second kappa shape index (κ2) is 5.63. The van der Waals surface area contributed by atoms with Gasteiger partial charge in [-0.05, 0) is 43.0 Å². The lowest BCUT2D eigenvalue weighted by Gasteiger charge is -2.17. The van der Waals surface area contributed by atoms with Crippen LogP contribution in [0.25, 0.3) is 0 Å². The molecule has 2 amide bonds. The zero-order valence-electron chi connectivity index (χ0n) is 11.3. The molecule has 2 heterocycles. The lowest BCUT2D eigenvalue weighted by Crippen LogP contribution is -2.32. The van der Waals surface area contributed by atoms with Gasteiger partial charge in [-0.25, -0.2) is 0 Å². The summed E-state index contributed by atoms with van der Waals surface area (Å²) in [6, 6.07) is 5.41. The van der Waals surface area contributed by atoms with Crippen molar-refractivity contribution in [2.75, 3.05) is 18.5 Å². The number of nitrogens with one attached hydrogen (secondary N) is 2. The second-order valence-corrected chi connectivity index (χ2v) is 5.27. The summed E-state index contributed by atoms with van der Waals surface area (Å²) in [5.41, 5.74) is 2.48. The van der Waals surface area contributed by atoms with Crippen LogP contribution in [0.2, 0.25) is 0 Å². The Kier molecular flexibility index (Phi) is 3.69. The van der Waals surface area contributed by atoms with Gasteiger partial charge in [0.1, 0.15) is 0 Å². The molecule has 20 heavy (non-hydrogen) atoms. The fraction of sp³-hybridized carbons (Fsp3) is 0.467. The summed E-state index contributed by atoms with van der Waals surface area (Å²) in [4.78, 5) is 23.4. The topological polar surface area (TPSA) is 67.4 Å². The Bertz CT molecular complexity index is 536. The number of hydrogen-bond donors (Lipinski definition) is 2. The van der Waals surface area contributed by atoms with Crippen LogP contribution in [-0.4, -0.2) is 31.1 Å². The molecule has 1 saturated heterocycles. The highest BCUT2D eigenvalue weighted by atomic mass is 16.5. The van der Waals surface area contributed by atoms with Crippen LogP contribution in [-0.2, 0) is 16.0 Å². The SMILES string of the molecule is O=C1CCc2cc(C(=O)NC[C@@H]3CCCO3)ccc2N1. The molecule has 1 aromatic rings. The van der Waals surface area contributed by atoms with Crippen LogP contribution in [0.3, 0.4) is 0 Å². The molecule has 1 atom stereocenters. The minimum absolute atomic E-state index is 0.0353. The standard InChI is InChI=1S/C15H18N2O3/c18-14-6-4-10-8-11(3-5-13(10)17-14)15(19)16-9-12-2-1-7-20-12/h3,5,8,12H,1-2,4,6-7,9H2,(H,16,19)(H,17,18)/t12-/m0/s1. The lowest BCUT2D eigenvalue weighted by atomic mass is 10.00. The molecule has 0 unspecified atom stereocenters. The second-order valence-electron chi connectivity index (χ2n) is 5.27. The van der Waals surface area contributed by atoms with Gasteiger partial charge in [-0.1, -0.05) is 0 Å². The highest BCUT2D eigenvalue weighted by molar-refractivity contribution is 5.97. The number of ether oxygens (including phenoxy) is 1. The quantitative estimate of drug-likeness (QED) is 0.877. The minimum Gasteiger partial charge on any atom is -0.376 e. The molecule has 1 fully saturated rings. The Labute approximate surface area is 117 Å². The van der Waals surface area contributed by atoms with E-state index in [0.29, 0.717) is 24.9 Å². The van der Waals surface area contributed by atoms with Gasteiger partial charge in [0.2, 0.25) is 5.91 Å². The average Bonchev–Trinajstić information content (AvgIpc) is 2.97. The van der Waals surface area contributed by atoms with Crippen LogP contribution >= 0.6 is 0 Å². The van der Waals surface area contributed by atoms with Gasteiger partial charge in [-0.2, -0.15) is 0 Å². The molecule has 0 aliphatic carbocycles. The molecule has 106 valence electrons. The molecule has 0 bridgehead atoms. The highest BCUT2D eigenvalue weighted by Gasteiger charge is 2.19. The average molecular weight is 274 g/mol. The molecule has 0 radical (unpaired) electrons. The molecule has 2 aliphatic rings. The first-order chi connectivity index (χ1) is 9.72. The molecule has 2 N–H and O–H groups in total. The fourth-order valence-corrected chi connectivity index (χ4v) is 2.64. The predicted octanol–water partition coefficient (Wildman–Crippen LogP) is 1.48. The summed E-state index contributed by atoms with van der Waals surface area (Å²) in [7, 11) is 0. The van der Waals surface area contributed by atoms with Gasteiger partial charge < -0.3 is 15.4 Å². The summed E-state index contributed by atoms with van der Waals surface area (Å²) >= 11 is 0. The van der Waals surface area contributed by atoms with E-state index in [0.717, 1.165) is 30.7 Å².